The van der Waals surface area contributed by atoms with Crippen LogP contribution < -0.4 is 5.73 Å². The maximum atomic E-state index is 13.1. The maximum absolute atomic E-state index is 13.1. The van der Waals surface area contributed by atoms with Crippen LogP contribution in [0.15, 0.2) is 48.5 Å². The van der Waals surface area contributed by atoms with E-state index in [1.54, 1.807) is 6.07 Å². The van der Waals surface area contributed by atoms with E-state index in [0.717, 1.165) is 18.4 Å². The first-order valence-electron chi connectivity index (χ1n) is 6.67. The van der Waals surface area contributed by atoms with Crippen molar-refractivity contribution in [2.24, 2.45) is 5.73 Å². The Labute approximate surface area is 116 Å². The third kappa shape index (κ3) is 2.70. The molecule has 4 heteroatoms. The van der Waals surface area contributed by atoms with Crippen LogP contribution in [0.25, 0.3) is 11.0 Å². The van der Waals surface area contributed by atoms with Crippen molar-refractivity contribution >= 4 is 11.0 Å². The Hall–Kier alpha value is -2.20. The van der Waals surface area contributed by atoms with E-state index in [1.807, 2.05) is 18.2 Å². The summed E-state index contributed by atoms with van der Waals surface area (Å²) in [7, 11) is 0. The Bertz CT molecular complexity index is 706. The fourth-order valence-electron chi connectivity index (χ4n) is 2.28. The summed E-state index contributed by atoms with van der Waals surface area (Å²) in [6, 6.07) is 14.5. The highest BCUT2D eigenvalue weighted by molar-refractivity contribution is 5.75. The van der Waals surface area contributed by atoms with Gasteiger partial charge in [-0.2, -0.15) is 0 Å². The quantitative estimate of drug-likeness (QED) is 0.763. The molecule has 0 aliphatic heterocycles. The maximum Gasteiger partial charge on any atom is 0.125 e. The fraction of sp³-hybridized carbons (Fsp3) is 0.188. The van der Waals surface area contributed by atoms with Gasteiger partial charge in [0.1, 0.15) is 11.6 Å². The number of hydrogen-bond acceptors (Lipinski definition) is 2. The first-order chi connectivity index (χ1) is 9.72. The summed E-state index contributed by atoms with van der Waals surface area (Å²) in [5.41, 5.74) is 8.85. The molecule has 0 saturated carbocycles. The van der Waals surface area contributed by atoms with Gasteiger partial charge in [-0.05, 0) is 36.6 Å². The minimum absolute atomic E-state index is 0.175. The Morgan fingerprint density at radius 1 is 1.15 bits per heavy atom. The van der Waals surface area contributed by atoms with Crippen LogP contribution in [0.5, 0.6) is 0 Å². The van der Waals surface area contributed by atoms with E-state index in [-0.39, 0.29) is 11.9 Å². The van der Waals surface area contributed by atoms with Crippen molar-refractivity contribution in [2.45, 2.75) is 18.9 Å². The third-order valence-corrected chi connectivity index (χ3v) is 3.40. The number of hydrogen-bond donors (Lipinski definition) is 2. The normalized spacial score (nSPS) is 12.7. The van der Waals surface area contributed by atoms with Crippen molar-refractivity contribution in [3.05, 3.63) is 65.7 Å². The van der Waals surface area contributed by atoms with Gasteiger partial charge in [-0.1, -0.05) is 30.3 Å². The zero-order chi connectivity index (χ0) is 13.9. The fourth-order valence-corrected chi connectivity index (χ4v) is 2.28. The van der Waals surface area contributed by atoms with Gasteiger partial charge in [-0.25, -0.2) is 9.37 Å². The number of rotatable bonds is 4. The molecule has 0 fully saturated rings. The Morgan fingerprint density at radius 2 is 1.95 bits per heavy atom. The molecule has 3 N–H and O–H groups in total. The summed E-state index contributed by atoms with van der Waals surface area (Å²) in [5, 5.41) is 0. The molecule has 0 saturated heterocycles. The van der Waals surface area contributed by atoms with Crippen LogP contribution in [0.4, 0.5) is 4.39 Å². The average molecular weight is 269 g/mol. The molecule has 3 aromatic rings. The first-order valence-corrected chi connectivity index (χ1v) is 6.67. The summed E-state index contributed by atoms with van der Waals surface area (Å²) < 4.78 is 13.1. The molecule has 0 amide bonds. The van der Waals surface area contributed by atoms with Crippen molar-refractivity contribution in [1.82, 2.24) is 9.97 Å². The van der Waals surface area contributed by atoms with Gasteiger partial charge in [0.15, 0.2) is 0 Å². The minimum Gasteiger partial charge on any atom is -0.341 e. The lowest BCUT2D eigenvalue weighted by molar-refractivity contribution is 0.621. The molecular weight excluding hydrogens is 253 g/mol. The number of aromatic nitrogens is 2. The van der Waals surface area contributed by atoms with E-state index in [0.29, 0.717) is 11.3 Å². The molecule has 3 nitrogen and oxygen atoms in total. The molecule has 0 spiro atoms. The number of nitrogens with two attached hydrogens (primary N) is 1. The highest BCUT2D eigenvalue weighted by Crippen LogP contribution is 2.19. The number of fused-ring (bicyclic) bond motifs is 1. The smallest absolute Gasteiger partial charge is 0.125 e. The Balaban J connectivity index is 1.73. The highest BCUT2D eigenvalue weighted by atomic mass is 19.1. The standard InChI is InChI=1S/C16H16FN3/c17-12-7-9-14-15(10-12)20-16(19-14)13(18)8-6-11-4-2-1-3-5-11/h1-5,7,9-10,13H,6,8,18H2,(H,19,20). The molecule has 0 aliphatic rings. The van der Waals surface area contributed by atoms with Crippen LogP contribution in [0, 0.1) is 5.82 Å². The lowest BCUT2D eigenvalue weighted by Gasteiger charge is -2.08. The van der Waals surface area contributed by atoms with Crippen molar-refractivity contribution in [1.29, 1.82) is 0 Å². The van der Waals surface area contributed by atoms with Gasteiger partial charge in [0.25, 0.3) is 0 Å². The zero-order valence-electron chi connectivity index (χ0n) is 11.0. The topological polar surface area (TPSA) is 54.7 Å². The second kappa shape index (κ2) is 5.43. The predicted molar refractivity (Wildman–Crippen MR) is 77.7 cm³/mol. The molecule has 1 unspecified atom stereocenters. The van der Waals surface area contributed by atoms with Crippen molar-refractivity contribution < 1.29 is 4.39 Å². The zero-order valence-corrected chi connectivity index (χ0v) is 11.0. The second-order valence-corrected chi connectivity index (χ2v) is 4.91. The Morgan fingerprint density at radius 3 is 2.75 bits per heavy atom. The minimum atomic E-state index is -0.273. The number of nitrogens with zero attached hydrogens (tertiary/aromatic N) is 1. The van der Waals surface area contributed by atoms with Gasteiger partial charge >= 0.3 is 0 Å². The molecule has 0 radical (unpaired) electrons. The van der Waals surface area contributed by atoms with Gasteiger partial charge in [0.05, 0.1) is 17.1 Å². The van der Waals surface area contributed by atoms with Gasteiger partial charge in [-0.3, -0.25) is 0 Å². The molecule has 20 heavy (non-hydrogen) atoms. The van der Waals surface area contributed by atoms with E-state index in [2.05, 4.69) is 22.1 Å². The molecule has 2 aromatic carbocycles. The summed E-state index contributed by atoms with van der Waals surface area (Å²) >= 11 is 0. The van der Waals surface area contributed by atoms with Crippen molar-refractivity contribution in [3.8, 4) is 0 Å². The molecule has 1 aromatic heterocycles. The molecule has 3 rings (SSSR count). The number of imidazole rings is 1. The number of nitrogens with one attached hydrogen (secondary N) is 1. The molecule has 1 heterocycles. The lowest BCUT2D eigenvalue weighted by atomic mass is 10.1. The molecule has 102 valence electrons. The number of aryl methyl sites for hydroxylation is 1. The van der Waals surface area contributed by atoms with Crippen LogP contribution in [-0.4, -0.2) is 9.97 Å². The average Bonchev–Trinajstić information content (AvgIpc) is 2.89. The molecular formula is C16H16FN3. The van der Waals surface area contributed by atoms with Crippen molar-refractivity contribution in [3.63, 3.8) is 0 Å². The molecule has 1 atom stereocenters. The van der Waals surface area contributed by atoms with Gasteiger partial charge < -0.3 is 10.7 Å². The monoisotopic (exact) mass is 269 g/mol. The van der Waals surface area contributed by atoms with Gasteiger partial charge in [0.2, 0.25) is 0 Å². The molecule has 0 aliphatic carbocycles. The number of benzene rings is 2. The van der Waals surface area contributed by atoms with Gasteiger partial charge in [-0.15, -0.1) is 0 Å². The van der Waals surface area contributed by atoms with Crippen LogP contribution in [0.1, 0.15) is 23.9 Å². The second-order valence-electron chi connectivity index (χ2n) is 4.91. The van der Waals surface area contributed by atoms with Crippen LogP contribution >= 0.6 is 0 Å². The van der Waals surface area contributed by atoms with E-state index in [9.17, 15) is 4.39 Å². The van der Waals surface area contributed by atoms with Crippen molar-refractivity contribution in [2.75, 3.05) is 0 Å². The first kappa shape index (κ1) is 12.8. The summed E-state index contributed by atoms with van der Waals surface area (Å²) in [6.45, 7) is 0. The van der Waals surface area contributed by atoms with E-state index in [4.69, 9.17) is 5.73 Å². The summed E-state index contributed by atoms with van der Waals surface area (Å²) in [5.74, 6) is 0.437. The van der Waals surface area contributed by atoms with Crippen LogP contribution in [-0.2, 0) is 6.42 Å². The van der Waals surface area contributed by atoms with E-state index < -0.39 is 0 Å². The Kier molecular flexibility index (Phi) is 3.48. The van der Waals surface area contributed by atoms with Gasteiger partial charge in [0, 0.05) is 0 Å². The highest BCUT2D eigenvalue weighted by Gasteiger charge is 2.11. The van der Waals surface area contributed by atoms with E-state index >= 15 is 0 Å². The third-order valence-electron chi connectivity index (χ3n) is 3.40. The van der Waals surface area contributed by atoms with E-state index in [1.165, 1.54) is 17.7 Å². The summed E-state index contributed by atoms with van der Waals surface area (Å²) in [6.07, 6.45) is 1.69. The SMILES string of the molecule is NC(CCc1ccccc1)c1nc2ccc(F)cc2[nH]1. The van der Waals surface area contributed by atoms with Crippen LogP contribution in [0.3, 0.4) is 0 Å². The lowest BCUT2D eigenvalue weighted by Crippen LogP contribution is -2.13. The number of H-pyrrole nitrogens is 1. The summed E-state index contributed by atoms with van der Waals surface area (Å²) in [4.78, 5) is 7.52. The number of aromatic amines is 1. The predicted octanol–water partition coefficient (Wildman–Crippen LogP) is 3.33. The van der Waals surface area contributed by atoms with Crippen LogP contribution in [0.2, 0.25) is 0 Å². The molecule has 0 bridgehead atoms. The number of halogens is 1. The largest absolute Gasteiger partial charge is 0.341 e.